The van der Waals surface area contributed by atoms with Crippen molar-refractivity contribution in [2.24, 2.45) is 29.4 Å². The van der Waals surface area contributed by atoms with Gasteiger partial charge in [0, 0.05) is 30.0 Å². The van der Waals surface area contributed by atoms with Crippen LogP contribution < -0.4 is 5.73 Å². The number of phenolic OH excluding ortho intramolecular Hbond substituents is 1. The van der Waals surface area contributed by atoms with Gasteiger partial charge in [-0.15, -0.1) is 0 Å². The summed E-state index contributed by atoms with van der Waals surface area (Å²) in [6.45, 7) is 5.92. The number of phenols is 1. The van der Waals surface area contributed by atoms with Crippen LogP contribution in [-0.2, 0) is 31.0 Å². The molecule has 0 bridgehead atoms. The van der Waals surface area contributed by atoms with Crippen LogP contribution in [0.15, 0.2) is 6.07 Å². The molecule has 2 saturated carbocycles. The minimum absolute atomic E-state index is 0.0485. The van der Waals surface area contributed by atoms with Crippen molar-refractivity contribution in [1.29, 1.82) is 0 Å². The summed E-state index contributed by atoms with van der Waals surface area (Å²) in [7, 11) is 6.73. The molecule has 0 heterocycles. The normalized spacial score (nSPS) is 29.9. The van der Waals surface area contributed by atoms with Gasteiger partial charge >= 0.3 is 0 Å². The number of fused-ring (bicyclic) bond motifs is 3. The molecule has 11 nitrogen and oxygen atoms in total. The van der Waals surface area contributed by atoms with Crippen molar-refractivity contribution in [2.45, 2.75) is 57.1 Å². The van der Waals surface area contributed by atoms with Gasteiger partial charge in [-0.25, -0.2) is 0 Å². The molecule has 4 N–H and O–H groups in total. The summed E-state index contributed by atoms with van der Waals surface area (Å²) in [6, 6.07) is 0.434. The van der Waals surface area contributed by atoms with E-state index >= 15 is 0 Å². The lowest BCUT2D eigenvalue weighted by molar-refractivity contribution is -0.181. The first kappa shape index (κ1) is 30.7. The first-order valence-electron chi connectivity index (χ1n) is 13.8. The zero-order valence-corrected chi connectivity index (χ0v) is 24.6. The molecule has 0 aliphatic heterocycles. The number of benzene rings is 1. The van der Waals surface area contributed by atoms with Crippen LogP contribution in [0, 0.1) is 23.7 Å². The van der Waals surface area contributed by atoms with Crippen molar-refractivity contribution in [3.63, 3.8) is 0 Å². The maximum Gasteiger partial charge on any atom is 0.235 e. The monoisotopic (exact) mass is 569 g/mol. The van der Waals surface area contributed by atoms with Crippen LogP contribution >= 0.6 is 0 Å². The molecule has 4 rings (SSSR count). The summed E-state index contributed by atoms with van der Waals surface area (Å²) in [6.07, 6.45) is 0.140. The molecule has 0 spiro atoms. The van der Waals surface area contributed by atoms with Crippen molar-refractivity contribution >= 4 is 34.8 Å². The molecule has 6 atom stereocenters. The van der Waals surface area contributed by atoms with E-state index < -0.39 is 69.8 Å². The number of rotatable bonds is 6. The van der Waals surface area contributed by atoms with Crippen molar-refractivity contribution in [3.05, 3.63) is 28.3 Å². The van der Waals surface area contributed by atoms with Crippen LogP contribution in [0.3, 0.4) is 0 Å². The van der Waals surface area contributed by atoms with Gasteiger partial charge in [0.2, 0.25) is 5.91 Å². The number of likely N-dealkylation sites (N-methyl/N-ethyl adjacent to an activating group) is 1. The molecule has 2 fully saturated rings. The molecule has 41 heavy (non-hydrogen) atoms. The van der Waals surface area contributed by atoms with E-state index in [9.17, 15) is 39.0 Å². The number of nitrogens with zero attached hydrogens (tertiary/aromatic N) is 2. The van der Waals surface area contributed by atoms with Gasteiger partial charge in [-0.1, -0.05) is 20.8 Å². The Morgan fingerprint density at radius 1 is 1.07 bits per heavy atom. The van der Waals surface area contributed by atoms with E-state index in [0.29, 0.717) is 23.2 Å². The number of carbonyl (C=O) groups excluding carboxylic acids is 6. The van der Waals surface area contributed by atoms with Crippen LogP contribution in [0.4, 0.5) is 0 Å². The minimum atomic E-state index is -2.79. The van der Waals surface area contributed by atoms with Crippen molar-refractivity contribution in [2.75, 3.05) is 34.7 Å². The fraction of sp³-hybridized carbons (Fsp3) is 0.600. The van der Waals surface area contributed by atoms with Gasteiger partial charge < -0.3 is 20.8 Å². The van der Waals surface area contributed by atoms with Crippen LogP contribution in [0.5, 0.6) is 5.75 Å². The van der Waals surface area contributed by atoms with Gasteiger partial charge in [0.1, 0.15) is 5.75 Å². The van der Waals surface area contributed by atoms with E-state index in [1.165, 1.54) is 19.0 Å². The van der Waals surface area contributed by atoms with Gasteiger partial charge in [-0.05, 0) is 64.0 Å². The van der Waals surface area contributed by atoms with E-state index in [1.807, 2.05) is 39.8 Å². The van der Waals surface area contributed by atoms with Crippen LogP contribution in [0.1, 0.15) is 65.5 Å². The smallest absolute Gasteiger partial charge is 0.235 e. The maximum absolute atomic E-state index is 14.1. The highest BCUT2D eigenvalue weighted by Crippen LogP contribution is 2.52. The van der Waals surface area contributed by atoms with E-state index in [-0.39, 0.29) is 36.4 Å². The fourth-order valence-electron chi connectivity index (χ4n) is 6.95. The van der Waals surface area contributed by atoms with Crippen molar-refractivity contribution in [3.8, 4) is 5.75 Å². The second-order valence-corrected chi connectivity index (χ2v) is 13.2. The predicted octanol–water partition coefficient (Wildman–Crippen LogP) is 0.299. The topological polar surface area (TPSA) is 175 Å². The zero-order chi connectivity index (χ0) is 30.9. The summed E-state index contributed by atoms with van der Waals surface area (Å²) in [4.78, 5) is 83.8. The number of aliphatic hydroxyl groups is 1. The van der Waals surface area contributed by atoms with Crippen molar-refractivity contribution < 1.29 is 39.0 Å². The molecule has 3 aliphatic carbocycles. The van der Waals surface area contributed by atoms with Crippen LogP contribution in [-0.4, -0.2) is 101 Å². The highest BCUT2D eigenvalue weighted by molar-refractivity contribution is 6.32. The summed E-state index contributed by atoms with van der Waals surface area (Å²) in [5.74, 6) is -11.4. The standard InChI is InChI=1S/C30H39N3O8/c1-29(2,3)17-12-14(18(34)8-9-32(4)5)15-10-13-11-16-22(33(6)7)25(37)21(28(31)40)27(39)30(16,41)26(38)19(13)24(36)20(15)23(17)35/h12-13,16,19,21-22,35,41H,8-11H2,1-7H3,(H2,31,40)/t13-,16-,19?,21?,22-,30-/m1/s1. The second kappa shape index (κ2) is 10.2. The number of nitrogens with two attached hydrogens (primary N) is 1. The van der Waals surface area contributed by atoms with E-state index in [0.717, 1.165) is 0 Å². The highest BCUT2D eigenvalue weighted by atomic mass is 16.3. The average molecular weight is 570 g/mol. The Labute approximate surface area is 239 Å². The van der Waals surface area contributed by atoms with E-state index in [2.05, 4.69) is 0 Å². The minimum Gasteiger partial charge on any atom is -0.507 e. The number of carbonyl (C=O) groups is 6. The number of Topliss-reactive ketones (excluding diaryl/α,β-unsaturated/α-hetero) is 5. The summed E-state index contributed by atoms with van der Waals surface area (Å²) < 4.78 is 0. The molecule has 11 heteroatoms. The van der Waals surface area contributed by atoms with Gasteiger partial charge in [0.25, 0.3) is 0 Å². The SMILES string of the molecule is CN(C)CCC(=O)c1cc(C(C)(C)C)c(O)c2c1C[C@@H]1C[C@@H]3[C@@H](N(C)C)C(=O)C(C(N)=O)C(=O)[C@]3(O)C(=O)C1C2=O. The second-order valence-electron chi connectivity index (χ2n) is 13.2. The van der Waals surface area contributed by atoms with Crippen molar-refractivity contribution in [1.82, 2.24) is 9.80 Å². The van der Waals surface area contributed by atoms with Gasteiger partial charge in [-0.2, -0.15) is 0 Å². The largest absolute Gasteiger partial charge is 0.507 e. The lowest BCUT2D eigenvalue weighted by atomic mass is 9.52. The Kier molecular flexibility index (Phi) is 7.64. The molecule has 1 aromatic rings. The third-order valence-corrected chi connectivity index (χ3v) is 8.96. The summed E-state index contributed by atoms with van der Waals surface area (Å²) in [5, 5.41) is 23.1. The third-order valence-electron chi connectivity index (χ3n) is 8.96. The Hall–Kier alpha value is -3.28. The fourth-order valence-corrected chi connectivity index (χ4v) is 6.95. The lowest BCUT2D eigenvalue weighted by Gasteiger charge is -2.52. The molecule has 3 aliphatic rings. The quantitative estimate of drug-likeness (QED) is 0.319. The summed E-state index contributed by atoms with van der Waals surface area (Å²) in [5.41, 5.74) is 2.73. The number of hydrogen-bond acceptors (Lipinski definition) is 10. The number of primary amides is 1. The van der Waals surface area contributed by atoms with Crippen LogP contribution in [0.25, 0.3) is 0 Å². The van der Waals surface area contributed by atoms with E-state index in [1.54, 1.807) is 6.07 Å². The van der Waals surface area contributed by atoms with Gasteiger partial charge in [0.05, 0.1) is 17.5 Å². The molecule has 1 amide bonds. The molecule has 1 aromatic carbocycles. The Morgan fingerprint density at radius 3 is 2.20 bits per heavy atom. The lowest BCUT2D eigenvalue weighted by Crippen LogP contribution is -2.74. The molecule has 2 unspecified atom stereocenters. The first-order valence-corrected chi connectivity index (χ1v) is 13.8. The molecule has 0 saturated heterocycles. The number of ketones is 5. The van der Waals surface area contributed by atoms with Gasteiger partial charge in [-0.3, -0.25) is 33.7 Å². The van der Waals surface area contributed by atoms with Gasteiger partial charge in [0.15, 0.2) is 40.4 Å². The molecule has 222 valence electrons. The highest BCUT2D eigenvalue weighted by Gasteiger charge is 2.69. The van der Waals surface area contributed by atoms with E-state index in [4.69, 9.17) is 5.73 Å². The maximum atomic E-state index is 14.1. The number of aromatic hydroxyl groups is 1. The average Bonchev–Trinajstić information content (AvgIpc) is 2.83. The Balaban J connectivity index is 1.91. The Bertz CT molecular complexity index is 1370. The zero-order valence-electron chi connectivity index (χ0n) is 24.6. The summed E-state index contributed by atoms with van der Waals surface area (Å²) >= 11 is 0. The molecule has 0 radical (unpaired) electrons. The third kappa shape index (κ3) is 4.64. The van der Waals surface area contributed by atoms with Crippen LogP contribution in [0.2, 0.25) is 0 Å². The number of hydrogen-bond donors (Lipinski definition) is 3. The molecular formula is C30H39N3O8. The number of amides is 1. The predicted molar refractivity (Wildman–Crippen MR) is 148 cm³/mol. The Morgan fingerprint density at radius 2 is 1.68 bits per heavy atom. The first-order chi connectivity index (χ1) is 18.8. The molecule has 0 aromatic heterocycles. The molecular weight excluding hydrogens is 530 g/mol.